The predicted octanol–water partition coefficient (Wildman–Crippen LogP) is 5.16. The standard InChI is InChI=1S/C28H48O8/c1-2-3-4-5-6-7-8-9-10-15-31-16-17-32-18-19-33-20-21-34-22-23-35-24-25-36-28(30)26-11-13-27(29)14-12-26/h11-14,29H,2-10,15-25H2,1H3. The molecule has 1 aromatic rings. The largest absolute Gasteiger partial charge is 0.508 e. The number of benzene rings is 1. The fraction of sp³-hybridized carbons (Fsp3) is 0.750. The molecule has 1 rings (SSSR count). The highest BCUT2D eigenvalue weighted by molar-refractivity contribution is 5.89. The van der Waals surface area contributed by atoms with Crippen LogP contribution in [0, 0.1) is 0 Å². The second-order valence-electron chi connectivity index (χ2n) is 8.57. The number of hydrogen-bond acceptors (Lipinski definition) is 8. The van der Waals surface area contributed by atoms with Crippen molar-refractivity contribution in [3.63, 3.8) is 0 Å². The maximum atomic E-state index is 11.8. The summed E-state index contributed by atoms with van der Waals surface area (Å²) < 4.78 is 32.5. The molecule has 0 saturated heterocycles. The van der Waals surface area contributed by atoms with Gasteiger partial charge in [-0.15, -0.1) is 0 Å². The first kappa shape index (κ1) is 32.3. The maximum absolute atomic E-state index is 11.8. The summed E-state index contributed by atoms with van der Waals surface area (Å²) in [5.74, 6) is -0.341. The SMILES string of the molecule is CCCCCCCCCCCOCCOCCOCCOCCOCCOC(=O)c1ccc(O)cc1. The molecule has 0 radical (unpaired) electrons. The summed E-state index contributed by atoms with van der Waals surface area (Å²) in [4.78, 5) is 11.8. The van der Waals surface area contributed by atoms with Crippen LogP contribution >= 0.6 is 0 Å². The van der Waals surface area contributed by atoms with Gasteiger partial charge in [0.1, 0.15) is 12.4 Å². The summed E-state index contributed by atoms with van der Waals surface area (Å²) in [7, 11) is 0. The van der Waals surface area contributed by atoms with Gasteiger partial charge in [-0.3, -0.25) is 0 Å². The number of phenolic OH excluding ortho intramolecular Hbond substituents is 1. The molecule has 1 N–H and O–H groups in total. The van der Waals surface area contributed by atoms with Gasteiger partial charge in [-0.05, 0) is 30.7 Å². The fourth-order valence-electron chi connectivity index (χ4n) is 3.37. The normalized spacial score (nSPS) is 11.1. The molecule has 0 aliphatic heterocycles. The van der Waals surface area contributed by atoms with Gasteiger partial charge in [-0.1, -0.05) is 58.3 Å². The zero-order valence-corrected chi connectivity index (χ0v) is 22.3. The van der Waals surface area contributed by atoms with Crippen LogP contribution < -0.4 is 0 Å². The second kappa shape index (κ2) is 25.0. The number of esters is 1. The molecule has 0 aromatic heterocycles. The first-order valence-electron chi connectivity index (χ1n) is 13.6. The molecule has 8 nitrogen and oxygen atoms in total. The van der Waals surface area contributed by atoms with E-state index in [1.165, 1.54) is 75.6 Å². The summed E-state index contributed by atoms with van der Waals surface area (Å²) >= 11 is 0. The predicted molar refractivity (Wildman–Crippen MR) is 140 cm³/mol. The van der Waals surface area contributed by atoms with Crippen molar-refractivity contribution in [3.8, 4) is 5.75 Å². The van der Waals surface area contributed by atoms with Crippen molar-refractivity contribution >= 4 is 5.97 Å². The van der Waals surface area contributed by atoms with E-state index < -0.39 is 5.97 Å². The van der Waals surface area contributed by atoms with E-state index in [0.717, 1.165) is 13.0 Å². The van der Waals surface area contributed by atoms with Crippen LogP contribution in [0.15, 0.2) is 24.3 Å². The summed E-state index contributed by atoms with van der Waals surface area (Å²) in [5.41, 5.74) is 0.388. The monoisotopic (exact) mass is 512 g/mol. The van der Waals surface area contributed by atoms with E-state index in [9.17, 15) is 9.90 Å². The van der Waals surface area contributed by atoms with Gasteiger partial charge >= 0.3 is 5.97 Å². The minimum Gasteiger partial charge on any atom is -0.508 e. The molecule has 0 bridgehead atoms. The van der Waals surface area contributed by atoms with E-state index in [-0.39, 0.29) is 12.4 Å². The number of rotatable bonds is 26. The fourth-order valence-corrected chi connectivity index (χ4v) is 3.37. The maximum Gasteiger partial charge on any atom is 0.338 e. The quantitative estimate of drug-likeness (QED) is 0.134. The zero-order chi connectivity index (χ0) is 25.9. The highest BCUT2D eigenvalue weighted by Crippen LogP contribution is 2.11. The topological polar surface area (TPSA) is 92.7 Å². The summed E-state index contributed by atoms with van der Waals surface area (Å²) in [5, 5.41) is 9.21. The van der Waals surface area contributed by atoms with Crippen LogP contribution in [0.3, 0.4) is 0 Å². The molecule has 0 fully saturated rings. The molecule has 0 aliphatic carbocycles. The molecule has 8 heteroatoms. The molecule has 0 unspecified atom stereocenters. The molecule has 0 atom stereocenters. The molecule has 0 aliphatic rings. The van der Waals surface area contributed by atoms with Crippen molar-refractivity contribution < 1.29 is 38.3 Å². The Bertz CT molecular complexity index is 608. The molecule has 0 saturated carbocycles. The van der Waals surface area contributed by atoms with Crippen LogP contribution in [-0.4, -0.2) is 83.8 Å². The lowest BCUT2D eigenvalue weighted by atomic mass is 10.1. The minimum atomic E-state index is -0.447. The number of phenols is 1. The average Bonchev–Trinajstić information content (AvgIpc) is 2.89. The van der Waals surface area contributed by atoms with Crippen LogP contribution in [0.2, 0.25) is 0 Å². The Labute approximate surface area is 217 Å². The van der Waals surface area contributed by atoms with Gasteiger partial charge in [-0.2, -0.15) is 0 Å². The summed E-state index contributed by atoms with van der Waals surface area (Å²) in [6.07, 6.45) is 11.9. The summed E-state index contributed by atoms with van der Waals surface area (Å²) in [6.45, 7) is 7.70. The third-order valence-corrected chi connectivity index (χ3v) is 5.44. The number of carbonyl (C=O) groups is 1. The van der Waals surface area contributed by atoms with Gasteiger partial charge in [0.15, 0.2) is 0 Å². The van der Waals surface area contributed by atoms with Gasteiger partial charge in [0.2, 0.25) is 0 Å². The second-order valence-corrected chi connectivity index (χ2v) is 8.57. The average molecular weight is 513 g/mol. The van der Waals surface area contributed by atoms with Crippen LogP contribution in [-0.2, 0) is 28.4 Å². The van der Waals surface area contributed by atoms with E-state index in [0.29, 0.717) is 65.0 Å². The number of aromatic hydroxyl groups is 1. The molecular formula is C28H48O8. The van der Waals surface area contributed by atoms with Crippen molar-refractivity contribution in [2.24, 2.45) is 0 Å². The number of carbonyl (C=O) groups excluding carboxylic acids is 1. The molecule has 208 valence electrons. The molecule has 0 spiro atoms. The zero-order valence-electron chi connectivity index (χ0n) is 22.3. The van der Waals surface area contributed by atoms with Gasteiger partial charge in [0.05, 0.1) is 65.0 Å². The number of hydrogen-bond donors (Lipinski definition) is 1. The lowest BCUT2D eigenvalue weighted by Gasteiger charge is -2.08. The summed E-state index contributed by atoms with van der Waals surface area (Å²) in [6, 6.07) is 5.90. The van der Waals surface area contributed by atoms with Crippen LogP contribution in [0.1, 0.15) is 75.1 Å². The first-order valence-corrected chi connectivity index (χ1v) is 13.6. The van der Waals surface area contributed by atoms with Gasteiger partial charge in [0.25, 0.3) is 0 Å². The van der Waals surface area contributed by atoms with Crippen LogP contribution in [0.5, 0.6) is 5.75 Å². The lowest BCUT2D eigenvalue weighted by molar-refractivity contribution is -0.0153. The Balaban J connectivity index is 1.70. The van der Waals surface area contributed by atoms with Gasteiger partial charge in [-0.25, -0.2) is 4.79 Å². The van der Waals surface area contributed by atoms with E-state index in [1.807, 2.05) is 0 Å². The molecule has 0 heterocycles. The minimum absolute atomic E-state index is 0.105. The third-order valence-electron chi connectivity index (χ3n) is 5.44. The van der Waals surface area contributed by atoms with Crippen LogP contribution in [0.4, 0.5) is 0 Å². The van der Waals surface area contributed by atoms with E-state index in [2.05, 4.69) is 6.92 Å². The van der Waals surface area contributed by atoms with E-state index in [1.54, 1.807) is 0 Å². The van der Waals surface area contributed by atoms with Crippen molar-refractivity contribution in [2.75, 3.05) is 72.7 Å². The lowest BCUT2D eigenvalue weighted by Crippen LogP contribution is -2.15. The molecular weight excluding hydrogens is 464 g/mol. The highest BCUT2D eigenvalue weighted by atomic mass is 16.6. The van der Waals surface area contributed by atoms with Crippen molar-refractivity contribution in [1.82, 2.24) is 0 Å². The Hall–Kier alpha value is -1.71. The Kier molecular flexibility index (Phi) is 22.4. The van der Waals surface area contributed by atoms with Gasteiger partial charge < -0.3 is 33.5 Å². The highest BCUT2D eigenvalue weighted by Gasteiger charge is 2.06. The van der Waals surface area contributed by atoms with Crippen LogP contribution in [0.25, 0.3) is 0 Å². The smallest absolute Gasteiger partial charge is 0.338 e. The van der Waals surface area contributed by atoms with Crippen molar-refractivity contribution in [2.45, 2.75) is 64.7 Å². The Morgan fingerprint density at radius 3 is 1.42 bits per heavy atom. The van der Waals surface area contributed by atoms with Gasteiger partial charge in [0, 0.05) is 6.61 Å². The Morgan fingerprint density at radius 1 is 0.556 bits per heavy atom. The van der Waals surface area contributed by atoms with Crippen molar-refractivity contribution in [3.05, 3.63) is 29.8 Å². The third kappa shape index (κ3) is 20.5. The Morgan fingerprint density at radius 2 is 0.944 bits per heavy atom. The first-order chi connectivity index (χ1) is 17.7. The van der Waals surface area contributed by atoms with Crippen molar-refractivity contribution in [1.29, 1.82) is 0 Å². The van der Waals surface area contributed by atoms with E-state index >= 15 is 0 Å². The molecule has 1 aromatic carbocycles. The molecule has 36 heavy (non-hydrogen) atoms. The van der Waals surface area contributed by atoms with E-state index in [4.69, 9.17) is 28.4 Å². The molecule has 0 amide bonds. The number of ether oxygens (including phenoxy) is 6. The number of unbranched alkanes of at least 4 members (excludes halogenated alkanes) is 8.